The van der Waals surface area contributed by atoms with Crippen molar-refractivity contribution in [1.82, 2.24) is 0 Å². The lowest BCUT2D eigenvalue weighted by molar-refractivity contribution is -0.123. The van der Waals surface area contributed by atoms with Gasteiger partial charge < -0.3 is 10.1 Å². The minimum absolute atomic E-state index is 0.299. The summed E-state index contributed by atoms with van der Waals surface area (Å²) in [6, 6.07) is 8.12. The Balaban J connectivity index is 1.65. The van der Waals surface area contributed by atoms with E-state index < -0.39 is 29.6 Å². The number of esters is 1. The van der Waals surface area contributed by atoms with Gasteiger partial charge in [0.25, 0.3) is 5.91 Å². The van der Waals surface area contributed by atoms with Crippen LogP contribution in [0, 0.1) is 11.6 Å². The smallest absolute Gasteiger partial charge is 0.338 e. The van der Waals surface area contributed by atoms with Gasteiger partial charge >= 0.3 is 5.97 Å². The van der Waals surface area contributed by atoms with Gasteiger partial charge in [-0.15, -0.1) is 0 Å². The maximum Gasteiger partial charge on any atom is 0.338 e. The molecular formula is C20H19F2NO3. The van der Waals surface area contributed by atoms with Crippen molar-refractivity contribution in [3.05, 3.63) is 64.7 Å². The van der Waals surface area contributed by atoms with E-state index in [4.69, 9.17) is 4.74 Å². The summed E-state index contributed by atoms with van der Waals surface area (Å²) in [5.74, 6) is -2.81. The van der Waals surface area contributed by atoms with Gasteiger partial charge in [-0.1, -0.05) is 6.07 Å². The zero-order valence-electron chi connectivity index (χ0n) is 14.4. The van der Waals surface area contributed by atoms with Gasteiger partial charge in [0.2, 0.25) is 0 Å². The minimum Gasteiger partial charge on any atom is -0.449 e. The number of carbonyl (C=O) groups is 2. The monoisotopic (exact) mass is 359 g/mol. The molecule has 1 unspecified atom stereocenters. The van der Waals surface area contributed by atoms with Crippen LogP contribution in [0.4, 0.5) is 14.5 Å². The Morgan fingerprint density at radius 1 is 1.04 bits per heavy atom. The van der Waals surface area contributed by atoms with Crippen molar-refractivity contribution in [3.63, 3.8) is 0 Å². The molecular weight excluding hydrogens is 340 g/mol. The molecule has 0 radical (unpaired) electrons. The number of nitrogens with one attached hydrogen (secondary N) is 1. The van der Waals surface area contributed by atoms with Crippen LogP contribution in [0.3, 0.4) is 0 Å². The molecule has 0 aliphatic heterocycles. The van der Waals surface area contributed by atoms with Gasteiger partial charge in [-0.05, 0) is 68.0 Å². The van der Waals surface area contributed by atoms with E-state index in [0.717, 1.165) is 49.4 Å². The van der Waals surface area contributed by atoms with Crippen LogP contribution in [0.15, 0.2) is 36.4 Å². The Morgan fingerprint density at radius 2 is 1.77 bits per heavy atom. The topological polar surface area (TPSA) is 55.4 Å². The molecule has 3 rings (SSSR count). The molecule has 0 saturated carbocycles. The molecule has 1 aliphatic carbocycles. The van der Waals surface area contributed by atoms with E-state index in [1.807, 2.05) is 6.07 Å². The molecule has 2 aromatic rings. The van der Waals surface area contributed by atoms with Crippen LogP contribution >= 0.6 is 0 Å². The highest BCUT2D eigenvalue weighted by Gasteiger charge is 2.21. The average molecular weight is 359 g/mol. The van der Waals surface area contributed by atoms with Crippen molar-refractivity contribution < 1.29 is 23.1 Å². The number of carbonyl (C=O) groups excluding carboxylic acids is 2. The Bertz CT molecular complexity index is 851. The highest BCUT2D eigenvalue weighted by Crippen LogP contribution is 2.23. The van der Waals surface area contributed by atoms with Gasteiger partial charge in [-0.2, -0.15) is 0 Å². The molecule has 0 saturated heterocycles. The maximum atomic E-state index is 13.6. The zero-order chi connectivity index (χ0) is 18.7. The van der Waals surface area contributed by atoms with Crippen LogP contribution < -0.4 is 5.32 Å². The van der Waals surface area contributed by atoms with Crippen molar-refractivity contribution in [1.29, 1.82) is 0 Å². The third-order valence-corrected chi connectivity index (χ3v) is 4.42. The molecule has 0 aromatic heterocycles. The number of ether oxygens (including phenoxy) is 1. The molecule has 26 heavy (non-hydrogen) atoms. The summed E-state index contributed by atoms with van der Waals surface area (Å²) in [6.45, 7) is 1.38. The normalized spacial score (nSPS) is 14.3. The first-order chi connectivity index (χ1) is 12.4. The van der Waals surface area contributed by atoms with Crippen molar-refractivity contribution in [2.75, 3.05) is 5.32 Å². The van der Waals surface area contributed by atoms with Crippen molar-refractivity contribution in [3.8, 4) is 0 Å². The maximum absolute atomic E-state index is 13.6. The van der Waals surface area contributed by atoms with E-state index in [9.17, 15) is 18.4 Å². The lowest BCUT2D eigenvalue weighted by Crippen LogP contribution is -2.30. The molecule has 136 valence electrons. The SMILES string of the molecule is CC(OC(=O)c1ccc2c(c1)CCCC2)C(=O)Nc1cc(F)ccc1F. The van der Waals surface area contributed by atoms with Crippen molar-refractivity contribution >= 4 is 17.6 Å². The summed E-state index contributed by atoms with van der Waals surface area (Å²) in [4.78, 5) is 24.4. The Labute approximate surface area is 150 Å². The number of hydrogen-bond donors (Lipinski definition) is 1. The third-order valence-electron chi connectivity index (χ3n) is 4.42. The number of rotatable bonds is 4. The molecule has 0 fully saturated rings. The summed E-state index contributed by atoms with van der Waals surface area (Å²) < 4.78 is 31.9. The van der Waals surface area contributed by atoms with Crippen molar-refractivity contribution in [2.45, 2.75) is 38.7 Å². The van der Waals surface area contributed by atoms with Crippen LogP contribution in [0.5, 0.6) is 0 Å². The zero-order valence-corrected chi connectivity index (χ0v) is 14.4. The second kappa shape index (κ2) is 7.64. The van der Waals surface area contributed by atoms with E-state index in [2.05, 4.69) is 5.32 Å². The molecule has 1 N–H and O–H groups in total. The molecule has 1 aliphatic rings. The first-order valence-corrected chi connectivity index (χ1v) is 8.53. The van der Waals surface area contributed by atoms with Gasteiger partial charge in [0.15, 0.2) is 6.10 Å². The molecule has 0 spiro atoms. The molecule has 2 aromatic carbocycles. The standard InChI is InChI=1S/C20H19F2NO3/c1-12(19(24)23-18-11-16(21)8-9-17(18)22)26-20(25)15-7-6-13-4-2-3-5-14(13)10-15/h6-12H,2-5H2,1H3,(H,23,24). The van der Waals surface area contributed by atoms with E-state index in [0.29, 0.717) is 5.56 Å². The number of anilines is 1. The predicted molar refractivity (Wildman–Crippen MR) is 92.9 cm³/mol. The fraction of sp³-hybridized carbons (Fsp3) is 0.300. The first-order valence-electron chi connectivity index (χ1n) is 8.53. The van der Waals surface area contributed by atoms with E-state index in [-0.39, 0.29) is 5.69 Å². The number of aryl methyl sites for hydroxylation is 2. The fourth-order valence-corrected chi connectivity index (χ4v) is 2.97. The van der Waals surface area contributed by atoms with E-state index >= 15 is 0 Å². The number of fused-ring (bicyclic) bond motifs is 1. The van der Waals surface area contributed by atoms with Gasteiger partial charge in [0, 0.05) is 6.07 Å². The molecule has 1 amide bonds. The van der Waals surface area contributed by atoms with Crippen LogP contribution in [-0.2, 0) is 22.4 Å². The molecule has 0 heterocycles. The van der Waals surface area contributed by atoms with E-state index in [1.54, 1.807) is 12.1 Å². The molecule has 0 bridgehead atoms. The summed E-state index contributed by atoms with van der Waals surface area (Å²) in [6.07, 6.45) is 3.00. The number of amides is 1. The van der Waals surface area contributed by atoms with E-state index in [1.165, 1.54) is 12.5 Å². The Morgan fingerprint density at radius 3 is 2.54 bits per heavy atom. The lowest BCUT2D eigenvalue weighted by Gasteiger charge is -2.17. The van der Waals surface area contributed by atoms with Gasteiger partial charge in [0.1, 0.15) is 11.6 Å². The molecule has 4 nitrogen and oxygen atoms in total. The number of halogens is 2. The average Bonchev–Trinajstić information content (AvgIpc) is 2.64. The molecule has 1 atom stereocenters. The van der Waals surface area contributed by atoms with Crippen LogP contribution in [-0.4, -0.2) is 18.0 Å². The van der Waals surface area contributed by atoms with Gasteiger partial charge in [-0.3, -0.25) is 4.79 Å². The number of benzene rings is 2. The summed E-state index contributed by atoms with van der Waals surface area (Å²) in [5.41, 5.74) is 2.44. The predicted octanol–water partition coefficient (Wildman–Crippen LogP) is 4.03. The van der Waals surface area contributed by atoms with Gasteiger partial charge in [-0.25, -0.2) is 13.6 Å². The fourth-order valence-electron chi connectivity index (χ4n) is 2.97. The third kappa shape index (κ3) is 4.07. The second-order valence-electron chi connectivity index (χ2n) is 6.35. The summed E-state index contributed by atoms with van der Waals surface area (Å²) in [7, 11) is 0. The minimum atomic E-state index is -1.15. The second-order valence-corrected chi connectivity index (χ2v) is 6.35. The Hall–Kier alpha value is -2.76. The highest BCUT2D eigenvalue weighted by atomic mass is 19.1. The van der Waals surface area contributed by atoms with Crippen molar-refractivity contribution in [2.24, 2.45) is 0 Å². The first kappa shape index (κ1) is 18.0. The molecule has 6 heteroatoms. The van der Waals surface area contributed by atoms with Crippen LogP contribution in [0.25, 0.3) is 0 Å². The Kier molecular flexibility index (Phi) is 5.30. The largest absolute Gasteiger partial charge is 0.449 e. The summed E-state index contributed by atoms with van der Waals surface area (Å²) >= 11 is 0. The van der Waals surface area contributed by atoms with Crippen LogP contribution in [0.2, 0.25) is 0 Å². The summed E-state index contributed by atoms with van der Waals surface area (Å²) in [5, 5.41) is 2.23. The number of hydrogen-bond acceptors (Lipinski definition) is 3. The quantitative estimate of drug-likeness (QED) is 0.839. The van der Waals surface area contributed by atoms with Crippen LogP contribution in [0.1, 0.15) is 41.3 Å². The van der Waals surface area contributed by atoms with Gasteiger partial charge in [0.05, 0.1) is 11.3 Å². The lowest BCUT2D eigenvalue weighted by atomic mass is 9.90. The highest BCUT2D eigenvalue weighted by molar-refractivity contribution is 5.97.